The maximum absolute atomic E-state index is 11.7. The molecule has 1 unspecified atom stereocenters. The number of esters is 1. The van der Waals surface area contributed by atoms with Crippen molar-refractivity contribution in [3.05, 3.63) is 34.3 Å². The van der Waals surface area contributed by atoms with E-state index >= 15 is 0 Å². The highest BCUT2D eigenvalue weighted by atomic mass is 79.9. The van der Waals surface area contributed by atoms with Crippen LogP contribution in [0.15, 0.2) is 28.7 Å². The quantitative estimate of drug-likeness (QED) is 0.837. The van der Waals surface area contributed by atoms with E-state index in [2.05, 4.69) is 21.2 Å². The number of nitrogens with one attached hydrogen (secondary N) is 1. The molecule has 1 aliphatic rings. The molecule has 0 spiro atoms. The standard InChI is InChI=1S/C11H10BrNO3/c12-8-3-1-7(2-4-8)10(14)13-9-5-6-16-11(9)15/h1-4,9H,5-6H2,(H,13,14). The first-order valence-corrected chi connectivity index (χ1v) is 5.69. The van der Waals surface area contributed by atoms with Crippen LogP contribution in [-0.4, -0.2) is 24.5 Å². The first kappa shape index (κ1) is 11.1. The van der Waals surface area contributed by atoms with Crippen LogP contribution in [0.3, 0.4) is 0 Å². The van der Waals surface area contributed by atoms with Gasteiger partial charge in [0.1, 0.15) is 6.04 Å². The van der Waals surface area contributed by atoms with E-state index in [1.165, 1.54) is 0 Å². The SMILES string of the molecule is O=C(NC1CCOC1=O)c1ccc(Br)cc1. The second-order valence-corrected chi connectivity index (χ2v) is 4.40. The van der Waals surface area contributed by atoms with Crippen LogP contribution in [0.2, 0.25) is 0 Å². The molecule has 4 nitrogen and oxygen atoms in total. The van der Waals surface area contributed by atoms with E-state index in [-0.39, 0.29) is 11.9 Å². The summed E-state index contributed by atoms with van der Waals surface area (Å²) >= 11 is 3.29. The lowest BCUT2D eigenvalue weighted by Gasteiger charge is -2.08. The van der Waals surface area contributed by atoms with Crippen molar-refractivity contribution in [2.45, 2.75) is 12.5 Å². The highest BCUT2D eigenvalue weighted by molar-refractivity contribution is 9.10. The second-order valence-electron chi connectivity index (χ2n) is 3.49. The Hall–Kier alpha value is -1.36. The zero-order chi connectivity index (χ0) is 11.5. The van der Waals surface area contributed by atoms with Crippen LogP contribution >= 0.6 is 15.9 Å². The molecular weight excluding hydrogens is 274 g/mol. The number of carbonyl (C=O) groups excluding carboxylic acids is 2. The van der Waals surface area contributed by atoms with Crippen LogP contribution in [0.1, 0.15) is 16.8 Å². The number of hydrogen-bond acceptors (Lipinski definition) is 3. The maximum atomic E-state index is 11.7. The third-order valence-electron chi connectivity index (χ3n) is 2.35. The molecule has 1 aliphatic heterocycles. The summed E-state index contributed by atoms with van der Waals surface area (Å²) in [6, 6.07) is 6.44. The highest BCUT2D eigenvalue weighted by Crippen LogP contribution is 2.12. The Bertz CT molecular complexity index is 416. The van der Waals surface area contributed by atoms with Crippen molar-refractivity contribution in [1.29, 1.82) is 0 Å². The minimum atomic E-state index is -0.504. The predicted octanol–water partition coefficient (Wildman–Crippen LogP) is 1.49. The first-order chi connectivity index (χ1) is 7.66. The first-order valence-electron chi connectivity index (χ1n) is 4.90. The number of ether oxygens (including phenoxy) is 1. The van der Waals surface area contributed by atoms with Crippen LogP contribution < -0.4 is 5.32 Å². The van der Waals surface area contributed by atoms with Crippen LogP contribution in [0, 0.1) is 0 Å². The zero-order valence-electron chi connectivity index (χ0n) is 8.40. The van der Waals surface area contributed by atoms with Crippen molar-refractivity contribution < 1.29 is 14.3 Å². The summed E-state index contributed by atoms with van der Waals surface area (Å²) in [6.45, 7) is 0.379. The van der Waals surface area contributed by atoms with E-state index in [1.54, 1.807) is 24.3 Å². The predicted molar refractivity (Wildman–Crippen MR) is 61.0 cm³/mol. The lowest BCUT2D eigenvalue weighted by atomic mass is 10.2. The molecule has 1 N–H and O–H groups in total. The van der Waals surface area contributed by atoms with Crippen molar-refractivity contribution in [1.82, 2.24) is 5.32 Å². The number of benzene rings is 1. The fourth-order valence-electron chi connectivity index (χ4n) is 1.47. The Morgan fingerprint density at radius 3 is 2.62 bits per heavy atom. The average Bonchev–Trinajstić information content (AvgIpc) is 2.65. The molecule has 1 fully saturated rings. The lowest BCUT2D eigenvalue weighted by molar-refractivity contribution is -0.139. The van der Waals surface area contributed by atoms with E-state index in [0.717, 1.165) is 4.47 Å². The van der Waals surface area contributed by atoms with Crippen molar-refractivity contribution in [2.24, 2.45) is 0 Å². The summed E-state index contributed by atoms with van der Waals surface area (Å²) in [5, 5.41) is 2.64. The Kier molecular flexibility index (Phi) is 3.24. The Morgan fingerprint density at radius 1 is 1.38 bits per heavy atom. The van der Waals surface area contributed by atoms with Gasteiger partial charge in [-0.3, -0.25) is 4.79 Å². The van der Waals surface area contributed by atoms with Crippen LogP contribution in [0.4, 0.5) is 0 Å². The topological polar surface area (TPSA) is 55.4 Å². The third kappa shape index (κ3) is 2.41. The zero-order valence-corrected chi connectivity index (χ0v) is 9.99. The van der Waals surface area contributed by atoms with Gasteiger partial charge in [0.05, 0.1) is 6.61 Å². The minimum Gasteiger partial charge on any atom is -0.464 e. The molecule has 5 heteroatoms. The van der Waals surface area contributed by atoms with Gasteiger partial charge in [-0.1, -0.05) is 15.9 Å². The number of carbonyl (C=O) groups is 2. The molecule has 1 amide bonds. The van der Waals surface area contributed by atoms with Gasteiger partial charge in [-0.25, -0.2) is 4.79 Å². The molecule has 1 aromatic carbocycles. The van der Waals surface area contributed by atoms with Gasteiger partial charge in [0.15, 0.2) is 0 Å². The Morgan fingerprint density at radius 2 is 2.06 bits per heavy atom. The largest absolute Gasteiger partial charge is 0.464 e. The fourth-order valence-corrected chi connectivity index (χ4v) is 1.73. The summed E-state index contributed by atoms with van der Waals surface area (Å²) in [5.74, 6) is -0.609. The van der Waals surface area contributed by atoms with Crippen LogP contribution in [0.25, 0.3) is 0 Å². The molecule has 0 saturated carbocycles. The van der Waals surface area contributed by atoms with Gasteiger partial charge in [0.25, 0.3) is 5.91 Å². The lowest BCUT2D eigenvalue weighted by Crippen LogP contribution is -2.37. The molecule has 1 aromatic rings. The third-order valence-corrected chi connectivity index (χ3v) is 2.88. The van der Waals surface area contributed by atoms with Crippen molar-refractivity contribution in [3.8, 4) is 0 Å². The monoisotopic (exact) mass is 283 g/mol. The van der Waals surface area contributed by atoms with Crippen molar-refractivity contribution >= 4 is 27.8 Å². The van der Waals surface area contributed by atoms with E-state index in [0.29, 0.717) is 18.6 Å². The number of rotatable bonds is 2. The fraction of sp³-hybridized carbons (Fsp3) is 0.273. The van der Waals surface area contributed by atoms with E-state index < -0.39 is 6.04 Å². The van der Waals surface area contributed by atoms with Crippen molar-refractivity contribution in [3.63, 3.8) is 0 Å². The smallest absolute Gasteiger partial charge is 0.328 e. The summed E-state index contributed by atoms with van der Waals surface area (Å²) in [5.41, 5.74) is 0.530. The molecule has 0 radical (unpaired) electrons. The minimum absolute atomic E-state index is 0.253. The van der Waals surface area contributed by atoms with Gasteiger partial charge in [-0.15, -0.1) is 0 Å². The number of halogens is 1. The molecule has 1 saturated heterocycles. The molecule has 0 aromatic heterocycles. The normalized spacial score (nSPS) is 19.3. The molecule has 0 aliphatic carbocycles. The number of cyclic esters (lactones) is 1. The Labute approximate surface area is 101 Å². The Balaban J connectivity index is 2.02. The molecule has 0 bridgehead atoms. The van der Waals surface area contributed by atoms with E-state index in [1.807, 2.05) is 0 Å². The van der Waals surface area contributed by atoms with Crippen LogP contribution in [-0.2, 0) is 9.53 Å². The van der Waals surface area contributed by atoms with Gasteiger partial charge in [0, 0.05) is 16.5 Å². The molecule has 1 heterocycles. The molecular formula is C11H10BrNO3. The molecule has 16 heavy (non-hydrogen) atoms. The van der Waals surface area contributed by atoms with Crippen molar-refractivity contribution in [2.75, 3.05) is 6.61 Å². The van der Waals surface area contributed by atoms with E-state index in [4.69, 9.17) is 4.74 Å². The average molecular weight is 284 g/mol. The van der Waals surface area contributed by atoms with Gasteiger partial charge in [0.2, 0.25) is 0 Å². The summed E-state index contributed by atoms with van der Waals surface area (Å²) in [4.78, 5) is 22.9. The summed E-state index contributed by atoms with van der Waals surface area (Å²) < 4.78 is 5.67. The number of amides is 1. The molecule has 2 rings (SSSR count). The maximum Gasteiger partial charge on any atom is 0.328 e. The van der Waals surface area contributed by atoms with Gasteiger partial charge in [-0.2, -0.15) is 0 Å². The highest BCUT2D eigenvalue weighted by Gasteiger charge is 2.28. The summed E-state index contributed by atoms with van der Waals surface area (Å²) in [6.07, 6.45) is 0.543. The number of hydrogen-bond donors (Lipinski definition) is 1. The summed E-state index contributed by atoms with van der Waals surface area (Å²) in [7, 11) is 0. The van der Waals surface area contributed by atoms with Crippen LogP contribution in [0.5, 0.6) is 0 Å². The van der Waals surface area contributed by atoms with E-state index in [9.17, 15) is 9.59 Å². The van der Waals surface area contributed by atoms with Gasteiger partial charge < -0.3 is 10.1 Å². The van der Waals surface area contributed by atoms with Gasteiger partial charge >= 0.3 is 5.97 Å². The molecule has 84 valence electrons. The molecule has 1 atom stereocenters. The second kappa shape index (κ2) is 4.65. The van der Waals surface area contributed by atoms with Gasteiger partial charge in [-0.05, 0) is 24.3 Å².